The third-order valence-corrected chi connectivity index (χ3v) is 4.83. The molecule has 0 aromatic heterocycles. The van der Waals surface area contributed by atoms with E-state index >= 15 is 0 Å². The van der Waals surface area contributed by atoms with E-state index in [4.69, 9.17) is 5.73 Å². The van der Waals surface area contributed by atoms with Crippen molar-refractivity contribution < 1.29 is 0 Å². The van der Waals surface area contributed by atoms with Gasteiger partial charge in [-0.25, -0.2) is 0 Å². The summed E-state index contributed by atoms with van der Waals surface area (Å²) >= 11 is 0. The van der Waals surface area contributed by atoms with Crippen LogP contribution in [0.4, 0.5) is 0 Å². The first-order valence-corrected chi connectivity index (χ1v) is 8.34. The molecule has 0 heterocycles. The van der Waals surface area contributed by atoms with Crippen molar-refractivity contribution in [1.82, 2.24) is 4.90 Å². The maximum atomic E-state index is 6.27. The average Bonchev–Trinajstić information content (AvgIpc) is 2.36. The highest BCUT2D eigenvalue weighted by atomic mass is 15.2. The first kappa shape index (κ1) is 17.0. The van der Waals surface area contributed by atoms with Crippen LogP contribution < -0.4 is 5.73 Å². The van der Waals surface area contributed by atoms with Crippen LogP contribution in [0.15, 0.2) is 0 Å². The molecule has 1 fully saturated rings. The zero-order valence-corrected chi connectivity index (χ0v) is 13.9. The zero-order valence-electron chi connectivity index (χ0n) is 13.9. The molecule has 114 valence electrons. The van der Waals surface area contributed by atoms with Crippen molar-refractivity contribution in [2.24, 2.45) is 17.6 Å². The predicted molar refractivity (Wildman–Crippen MR) is 85.3 cm³/mol. The Morgan fingerprint density at radius 3 is 1.84 bits per heavy atom. The van der Waals surface area contributed by atoms with Gasteiger partial charge in [-0.2, -0.15) is 0 Å². The summed E-state index contributed by atoms with van der Waals surface area (Å²) in [5, 5.41) is 0. The lowest BCUT2D eigenvalue weighted by atomic mass is 9.78. The SMILES string of the molecule is CC(C)CC(CN)(CC(C)C)N(C)C1CCCCC1. The van der Waals surface area contributed by atoms with E-state index in [1.807, 2.05) is 0 Å². The molecule has 0 radical (unpaired) electrons. The van der Waals surface area contributed by atoms with Gasteiger partial charge in [0.1, 0.15) is 0 Å². The highest BCUT2D eigenvalue weighted by Gasteiger charge is 2.38. The van der Waals surface area contributed by atoms with E-state index in [0.717, 1.165) is 12.6 Å². The molecule has 0 amide bonds. The first-order valence-electron chi connectivity index (χ1n) is 8.34. The third-order valence-electron chi connectivity index (χ3n) is 4.83. The van der Waals surface area contributed by atoms with Crippen LogP contribution in [0, 0.1) is 11.8 Å². The molecular weight excluding hydrogens is 232 g/mol. The van der Waals surface area contributed by atoms with E-state index in [0.29, 0.717) is 11.8 Å². The van der Waals surface area contributed by atoms with Crippen molar-refractivity contribution in [3.8, 4) is 0 Å². The molecule has 1 rings (SSSR count). The minimum atomic E-state index is 0.213. The van der Waals surface area contributed by atoms with Crippen molar-refractivity contribution in [2.75, 3.05) is 13.6 Å². The lowest BCUT2D eigenvalue weighted by molar-refractivity contribution is 0.0256. The van der Waals surface area contributed by atoms with Crippen LogP contribution in [0.5, 0.6) is 0 Å². The van der Waals surface area contributed by atoms with Gasteiger partial charge in [0, 0.05) is 18.1 Å². The van der Waals surface area contributed by atoms with E-state index in [1.54, 1.807) is 0 Å². The minimum Gasteiger partial charge on any atom is -0.329 e. The smallest absolute Gasteiger partial charge is 0.0336 e. The summed E-state index contributed by atoms with van der Waals surface area (Å²) in [6, 6.07) is 0.759. The van der Waals surface area contributed by atoms with E-state index in [-0.39, 0.29) is 5.54 Å². The maximum Gasteiger partial charge on any atom is 0.0336 e. The summed E-state index contributed by atoms with van der Waals surface area (Å²) in [5.74, 6) is 1.43. The van der Waals surface area contributed by atoms with Crippen molar-refractivity contribution >= 4 is 0 Å². The van der Waals surface area contributed by atoms with Crippen LogP contribution >= 0.6 is 0 Å². The molecule has 0 spiro atoms. The number of nitrogens with zero attached hydrogens (tertiary/aromatic N) is 1. The second kappa shape index (κ2) is 7.64. The Morgan fingerprint density at radius 1 is 1.00 bits per heavy atom. The molecule has 19 heavy (non-hydrogen) atoms. The van der Waals surface area contributed by atoms with Crippen molar-refractivity contribution in [3.63, 3.8) is 0 Å². The summed E-state index contributed by atoms with van der Waals surface area (Å²) in [7, 11) is 2.34. The lowest BCUT2D eigenvalue weighted by Gasteiger charge is -2.48. The fourth-order valence-corrected chi connectivity index (χ4v) is 4.06. The van der Waals surface area contributed by atoms with Gasteiger partial charge in [0.05, 0.1) is 0 Å². The molecule has 0 saturated heterocycles. The monoisotopic (exact) mass is 268 g/mol. The van der Waals surface area contributed by atoms with Gasteiger partial charge in [-0.3, -0.25) is 4.90 Å². The summed E-state index contributed by atoms with van der Waals surface area (Å²) in [4.78, 5) is 2.67. The molecule has 0 aromatic carbocycles. The van der Waals surface area contributed by atoms with Crippen molar-refractivity contribution in [2.45, 2.75) is 84.2 Å². The molecule has 0 atom stereocenters. The highest BCUT2D eigenvalue weighted by Crippen LogP contribution is 2.34. The van der Waals surface area contributed by atoms with Crippen LogP contribution in [0.1, 0.15) is 72.6 Å². The van der Waals surface area contributed by atoms with Gasteiger partial charge >= 0.3 is 0 Å². The lowest BCUT2D eigenvalue weighted by Crippen LogP contribution is -2.57. The predicted octanol–water partition coefficient (Wildman–Crippen LogP) is 4.04. The van der Waals surface area contributed by atoms with Crippen LogP contribution in [0.3, 0.4) is 0 Å². The Labute approximate surface area is 121 Å². The van der Waals surface area contributed by atoms with Crippen LogP contribution in [-0.4, -0.2) is 30.1 Å². The summed E-state index contributed by atoms with van der Waals surface area (Å²) < 4.78 is 0. The topological polar surface area (TPSA) is 29.3 Å². The molecule has 1 aliphatic carbocycles. The Hall–Kier alpha value is -0.0800. The van der Waals surface area contributed by atoms with E-state index in [2.05, 4.69) is 39.6 Å². The molecule has 1 aliphatic rings. The summed E-state index contributed by atoms with van der Waals surface area (Å²) in [6.45, 7) is 10.1. The largest absolute Gasteiger partial charge is 0.329 e. The molecule has 0 unspecified atom stereocenters. The fraction of sp³-hybridized carbons (Fsp3) is 1.00. The molecule has 0 aliphatic heterocycles. The van der Waals surface area contributed by atoms with Gasteiger partial charge in [0.25, 0.3) is 0 Å². The Kier molecular flexibility index (Phi) is 6.82. The maximum absolute atomic E-state index is 6.27. The highest BCUT2D eigenvalue weighted by molar-refractivity contribution is 4.95. The first-order chi connectivity index (χ1) is 8.91. The normalized spacial score (nSPS) is 18.8. The van der Waals surface area contributed by atoms with Gasteiger partial charge in [-0.05, 0) is 44.6 Å². The van der Waals surface area contributed by atoms with E-state index in [1.165, 1.54) is 44.9 Å². The zero-order chi connectivity index (χ0) is 14.5. The molecule has 2 nitrogen and oxygen atoms in total. The third kappa shape index (κ3) is 4.75. The molecule has 0 bridgehead atoms. The second-order valence-electron chi connectivity index (χ2n) is 7.53. The van der Waals surface area contributed by atoms with E-state index in [9.17, 15) is 0 Å². The molecule has 2 N–H and O–H groups in total. The van der Waals surface area contributed by atoms with Gasteiger partial charge in [0.15, 0.2) is 0 Å². The van der Waals surface area contributed by atoms with Gasteiger partial charge in [0.2, 0.25) is 0 Å². The second-order valence-corrected chi connectivity index (χ2v) is 7.53. The fourth-order valence-electron chi connectivity index (χ4n) is 4.06. The Balaban J connectivity index is 2.84. The van der Waals surface area contributed by atoms with Crippen molar-refractivity contribution in [1.29, 1.82) is 0 Å². The van der Waals surface area contributed by atoms with Crippen molar-refractivity contribution in [3.05, 3.63) is 0 Å². The van der Waals surface area contributed by atoms with Gasteiger partial charge < -0.3 is 5.73 Å². The Bertz CT molecular complexity index is 232. The molecule has 2 heteroatoms. The number of hydrogen-bond donors (Lipinski definition) is 1. The quantitative estimate of drug-likeness (QED) is 0.755. The van der Waals surface area contributed by atoms with E-state index < -0.39 is 0 Å². The Morgan fingerprint density at radius 2 is 1.47 bits per heavy atom. The summed E-state index contributed by atoms with van der Waals surface area (Å²) in [5.41, 5.74) is 6.48. The van der Waals surface area contributed by atoms with Crippen LogP contribution in [0.2, 0.25) is 0 Å². The summed E-state index contributed by atoms with van der Waals surface area (Å²) in [6.07, 6.45) is 9.43. The molecule has 0 aromatic rings. The minimum absolute atomic E-state index is 0.213. The van der Waals surface area contributed by atoms with Crippen LogP contribution in [-0.2, 0) is 0 Å². The van der Waals surface area contributed by atoms with Crippen LogP contribution in [0.25, 0.3) is 0 Å². The average molecular weight is 268 g/mol. The number of likely N-dealkylation sites (N-methyl/N-ethyl adjacent to an activating group) is 1. The van der Waals surface area contributed by atoms with Gasteiger partial charge in [-0.1, -0.05) is 47.0 Å². The molecule has 1 saturated carbocycles. The van der Waals surface area contributed by atoms with Gasteiger partial charge in [-0.15, -0.1) is 0 Å². The molecular formula is C17H36N2. The standard InChI is InChI=1S/C17H36N2/c1-14(2)11-17(13-18,12-15(3)4)19(5)16-9-7-6-8-10-16/h14-16H,6-13,18H2,1-5H3. The number of hydrogen-bond acceptors (Lipinski definition) is 2. The number of rotatable bonds is 7. The number of nitrogens with two attached hydrogens (primary N) is 1.